The summed E-state index contributed by atoms with van der Waals surface area (Å²) in [6, 6.07) is 0. The maximum absolute atomic E-state index is 5.14. The number of rotatable bonds is 4. The average molecular weight is 148 g/mol. The largest absolute Gasteiger partial charge is 0.339 e. The van der Waals surface area contributed by atoms with E-state index in [0.29, 0.717) is 19.8 Å². The molecule has 60 valence electrons. The molecule has 0 bridgehead atoms. The lowest BCUT2D eigenvalue weighted by Gasteiger charge is -2.37. The first-order chi connectivity index (χ1) is 4.83. The third-order valence-electron chi connectivity index (χ3n) is 1.15. The molecule has 0 aromatic rings. The van der Waals surface area contributed by atoms with Crippen molar-refractivity contribution in [3.8, 4) is 0 Å². The first-order valence-electron chi connectivity index (χ1n) is 3.41. The van der Waals surface area contributed by atoms with Crippen molar-refractivity contribution in [3.05, 3.63) is 0 Å². The van der Waals surface area contributed by atoms with Crippen LogP contribution in [0, 0.1) is 0 Å². The summed E-state index contributed by atoms with van der Waals surface area (Å²) in [6.45, 7) is 5.23. The van der Waals surface area contributed by atoms with Gasteiger partial charge in [-0.3, -0.25) is 0 Å². The second-order valence-electron chi connectivity index (χ2n) is 1.89. The molecule has 1 saturated heterocycles. The van der Waals surface area contributed by atoms with Crippen molar-refractivity contribution in [2.24, 2.45) is 0 Å². The van der Waals surface area contributed by atoms with Crippen LogP contribution in [0.2, 0.25) is 0 Å². The van der Waals surface area contributed by atoms with Gasteiger partial charge >= 0.3 is 5.97 Å². The molecule has 10 heavy (non-hydrogen) atoms. The van der Waals surface area contributed by atoms with E-state index in [0.717, 1.165) is 0 Å². The van der Waals surface area contributed by atoms with Crippen molar-refractivity contribution in [3.63, 3.8) is 0 Å². The lowest BCUT2D eigenvalue weighted by Crippen LogP contribution is -2.52. The molecular formula is C6H12O4. The summed E-state index contributed by atoms with van der Waals surface area (Å²) >= 11 is 0. The maximum Gasteiger partial charge on any atom is 0.339 e. The quantitative estimate of drug-likeness (QED) is 0.434. The number of hydrogen-bond acceptors (Lipinski definition) is 4. The summed E-state index contributed by atoms with van der Waals surface area (Å²) in [7, 11) is 0. The van der Waals surface area contributed by atoms with E-state index in [1.54, 1.807) is 0 Å². The molecule has 0 radical (unpaired) electrons. The topological polar surface area (TPSA) is 36.9 Å². The molecule has 4 heteroatoms. The zero-order chi connectivity index (χ0) is 7.45. The van der Waals surface area contributed by atoms with Gasteiger partial charge in [-0.15, -0.1) is 0 Å². The fourth-order valence-electron chi connectivity index (χ4n) is 0.768. The van der Waals surface area contributed by atoms with Gasteiger partial charge in [0.25, 0.3) is 0 Å². The molecule has 1 heterocycles. The average Bonchev–Trinajstić information content (AvgIpc) is 1.84. The molecule has 0 aliphatic carbocycles. The van der Waals surface area contributed by atoms with Crippen LogP contribution in [0.4, 0.5) is 0 Å². The van der Waals surface area contributed by atoms with Gasteiger partial charge in [-0.25, -0.2) is 4.89 Å². The van der Waals surface area contributed by atoms with Crippen LogP contribution in [0.1, 0.15) is 13.8 Å². The summed E-state index contributed by atoms with van der Waals surface area (Å²) in [5.41, 5.74) is 0. The second kappa shape index (κ2) is 3.30. The Labute approximate surface area is 59.9 Å². The first-order valence-corrected chi connectivity index (χ1v) is 3.41. The van der Waals surface area contributed by atoms with Gasteiger partial charge in [-0.2, -0.15) is 4.89 Å². The van der Waals surface area contributed by atoms with Gasteiger partial charge in [0, 0.05) is 13.2 Å². The third-order valence-corrected chi connectivity index (χ3v) is 1.15. The highest BCUT2D eigenvalue weighted by Crippen LogP contribution is 2.24. The van der Waals surface area contributed by atoms with Crippen LogP contribution in [0.15, 0.2) is 0 Å². The van der Waals surface area contributed by atoms with E-state index in [1.807, 2.05) is 13.8 Å². The molecule has 0 spiro atoms. The Morgan fingerprint density at radius 3 is 2.00 bits per heavy atom. The second-order valence-corrected chi connectivity index (χ2v) is 1.89. The van der Waals surface area contributed by atoms with Crippen molar-refractivity contribution in [2.45, 2.75) is 19.8 Å². The summed E-state index contributed by atoms with van der Waals surface area (Å²) in [5, 5.41) is 0. The Morgan fingerprint density at radius 2 is 1.80 bits per heavy atom. The number of hydrogen-bond donors (Lipinski definition) is 0. The van der Waals surface area contributed by atoms with Crippen molar-refractivity contribution in [1.29, 1.82) is 0 Å². The molecule has 1 rings (SSSR count). The van der Waals surface area contributed by atoms with Crippen molar-refractivity contribution >= 4 is 0 Å². The first kappa shape index (κ1) is 7.94. The molecule has 0 saturated carbocycles. The van der Waals surface area contributed by atoms with Crippen LogP contribution < -0.4 is 0 Å². The van der Waals surface area contributed by atoms with Crippen molar-refractivity contribution < 1.29 is 19.2 Å². The van der Waals surface area contributed by atoms with Crippen LogP contribution in [-0.2, 0) is 19.2 Å². The van der Waals surface area contributed by atoms with E-state index in [-0.39, 0.29) is 0 Å². The third kappa shape index (κ3) is 1.46. The minimum Gasteiger partial charge on any atom is -0.324 e. The minimum absolute atomic E-state index is 0.356. The van der Waals surface area contributed by atoms with Gasteiger partial charge in [0.05, 0.1) is 0 Å². The molecular weight excluding hydrogens is 136 g/mol. The normalized spacial score (nSPS) is 22.2. The van der Waals surface area contributed by atoms with Crippen LogP contribution in [0.25, 0.3) is 0 Å². The van der Waals surface area contributed by atoms with Crippen LogP contribution in [0.3, 0.4) is 0 Å². The van der Waals surface area contributed by atoms with Gasteiger partial charge in [-0.05, 0) is 13.8 Å². The SMILES string of the molecule is CCOC1(OCC)COO1. The summed E-state index contributed by atoms with van der Waals surface area (Å²) in [6.07, 6.45) is 0. The zero-order valence-corrected chi connectivity index (χ0v) is 6.25. The lowest BCUT2D eigenvalue weighted by molar-refractivity contribution is -0.606. The van der Waals surface area contributed by atoms with E-state index < -0.39 is 5.97 Å². The standard InChI is InChI=1S/C6H12O4/c1-3-7-6(8-4-2)5-9-10-6/h3-5H2,1-2H3. The van der Waals surface area contributed by atoms with Crippen molar-refractivity contribution in [1.82, 2.24) is 0 Å². The Bertz CT molecular complexity index is 91.9. The van der Waals surface area contributed by atoms with Gasteiger partial charge in [0.1, 0.15) is 0 Å². The summed E-state index contributed by atoms with van der Waals surface area (Å²) in [4.78, 5) is 9.15. The minimum atomic E-state index is -0.899. The highest BCUT2D eigenvalue weighted by atomic mass is 17.3. The fraction of sp³-hybridized carbons (Fsp3) is 1.00. The molecule has 0 unspecified atom stereocenters. The summed E-state index contributed by atoms with van der Waals surface area (Å²) < 4.78 is 10.3. The summed E-state index contributed by atoms with van der Waals surface area (Å²) in [5.74, 6) is -0.899. The van der Waals surface area contributed by atoms with Crippen LogP contribution in [-0.4, -0.2) is 25.8 Å². The molecule has 0 N–H and O–H groups in total. The van der Waals surface area contributed by atoms with Gasteiger partial charge in [-0.1, -0.05) is 0 Å². The Kier molecular flexibility index (Phi) is 2.62. The molecule has 0 atom stereocenters. The molecule has 0 aromatic carbocycles. The lowest BCUT2D eigenvalue weighted by atomic mass is 10.5. The van der Waals surface area contributed by atoms with E-state index >= 15 is 0 Å². The van der Waals surface area contributed by atoms with E-state index in [1.165, 1.54) is 0 Å². The Hall–Kier alpha value is -0.160. The number of ether oxygens (including phenoxy) is 2. The predicted molar refractivity (Wildman–Crippen MR) is 33.0 cm³/mol. The van der Waals surface area contributed by atoms with Crippen LogP contribution >= 0.6 is 0 Å². The molecule has 0 aromatic heterocycles. The highest BCUT2D eigenvalue weighted by Gasteiger charge is 2.43. The van der Waals surface area contributed by atoms with E-state index in [4.69, 9.17) is 9.47 Å². The molecule has 1 fully saturated rings. The zero-order valence-electron chi connectivity index (χ0n) is 6.25. The monoisotopic (exact) mass is 148 g/mol. The van der Waals surface area contributed by atoms with Gasteiger partial charge in [0.2, 0.25) is 0 Å². The molecule has 4 nitrogen and oxygen atoms in total. The van der Waals surface area contributed by atoms with E-state index in [2.05, 4.69) is 9.78 Å². The highest BCUT2D eigenvalue weighted by molar-refractivity contribution is 4.57. The Morgan fingerprint density at radius 1 is 1.30 bits per heavy atom. The molecule has 0 amide bonds. The maximum atomic E-state index is 5.14. The Balaban J connectivity index is 2.27. The van der Waals surface area contributed by atoms with Crippen molar-refractivity contribution in [2.75, 3.05) is 19.8 Å². The fourth-order valence-corrected chi connectivity index (χ4v) is 0.768. The van der Waals surface area contributed by atoms with Crippen LogP contribution in [0.5, 0.6) is 0 Å². The molecule has 1 aliphatic heterocycles. The van der Waals surface area contributed by atoms with E-state index in [9.17, 15) is 0 Å². The molecule has 1 aliphatic rings. The smallest absolute Gasteiger partial charge is 0.324 e. The predicted octanol–water partition coefficient (Wildman–Crippen LogP) is 0.675. The van der Waals surface area contributed by atoms with Gasteiger partial charge < -0.3 is 9.47 Å². The van der Waals surface area contributed by atoms with Gasteiger partial charge in [0.15, 0.2) is 6.61 Å².